The van der Waals surface area contributed by atoms with Gasteiger partial charge in [0.25, 0.3) is 5.92 Å². The van der Waals surface area contributed by atoms with E-state index in [1.54, 1.807) is 7.11 Å². The SMILES string of the molecule is COCC1CCC(NC(=O)N2CCOCC(F)(F)C2)CC1. The second-order valence-corrected chi connectivity index (χ2v) is 5.95. The zero-order valence-corrected chi connectivity index (χ0v) is 12.4. The number of halogens is 2. The molecule has 0 spiro atoms. The molecule has 7 heteroatoms. The highest BCUT2D eigenvalue weighted by Gasteiger charge is 2.36. The number of hydrogen-bond acceptors (Lipinski definition) is 3. The van der Waals surface area contributed by atoms with Crippen molar-refractivity contribution in [3.8, 4) is 0 Å². The highest BCUT2D eigenvalue weighted by atomic mass is 19.3. The van der Waals surface area contributed by atoms with Gasteiger partial charge >= 0.3 is 6.03 Å². The van der Waals surface area contributed by atoms with Gasteiger partial charge in [0.15, 0.2) is 0 Å². The predicted molar refractivity (Wildman–Crippen MR) is 73.5 cm³/mol. The van der Waals surface area contributed by atoms with E-state index in [0.29, 0.717) is 5.92 Å². The zero-order valence-electron chi connectivity index (χ0n) is 12.4. The Balaban J connectivity index is 1.79. The van der Waals surface area contributed by atoms with Crippen LogP contribution >= 0.6 is 0 Å². The number of ether oxygens (including phenoxy) is 2. The number of amides is 2. The molecule has 0 aromatic heterocycles. The van der Waals surface area contributed by atoms with Gasteiger partial charge in [-0.05, 0) is 31.6 Å². The number of alkyl halides is 2. The Hall–Kier alpha value is -0.950. The molecule has 0 aromatic rings. The van der Waals surface area contributed by atoms with Crippen molar-refractivity contribution in [2.75, 3.05) is 40.0 Å². The van der Waals surface area contributed by atoms with Gasteiger partial charge in [-0.25, -0.2) is 13.6 Å². The van der Waals surface area contributed by atoms with Gasteiger partial charge in [0.2, 0.25) is 0 Å². The summed E-state index contributed by atoms with van der Waals surface area (Å²) in [4.78, 5) is 13.3. The Labute approximate surface area is 124 Å². The molecule has 0 unspecified atom stereocenters. The van der Waals surface area contributed by atoms with Gasteiger partial charge in [-0.2, -0.15) is 0 Å². The van der Waals surface area contributed by atoms with Crippen molar-refractivity contribution < 1.29 is 23.0 Å². The van der Waals surface area contributed by atoms with Gasteiger partial charge in [-0.15, -0.1) is 0 Å². The number of carbonyl (C=O) groups is 1. The van der Waals surface area contributed by atoms with Crippen LogP contribution in [0.1, 0.15) is 25.7 Å². The fourth-order valence-electron chi connectivity index (χ4n) is 2.95. The van der Waals surface area contributed by atoms with Crippen molar-refractivity contribution in [3.05, 3.63) is 0 Å². The summed E-state index contributed by atoms with van der Waals surface area (Å²) < 4.78 is 36.8. The van der Waals surface area contributed by atoms with E-state index in [1.807, 2.05) is 0 Å². The van der Waals surface area contributed by atoms with Crippen LogP contribution < -0.4 is 5.32 Å². The number of nitrogens with one attached hydrogen (secondary N) is 1. The molecule has 21 heavy (non-hydrogen) atoms. The normalized spacial score (nSPS) is 29.8. The van der Waals surface area contributed by atoms with E-state index < -0.39 is 25.1 Å². The molecule has 0 atom stereocenters. The molecule has 2 amide bonds. The van der Waals surface area contributed by atoms with E-state index in [4.69, 9.17) is 9.47 Å². The lowest BCUT2D eigenvalue weighted by Gasteiger charge is -2.31. The van der Waals surface area contributed by atoms with Crippen molar-refractivity contribution in [3.63, 3.8) is 0 Å². The van der Waals surface area contributed by atoms with Crippen molar-refractivity contribution in [2.24, 2.45) is 5.92 Å². The second-order valence-electron chi connectivity index (χ2n) is 5.95. The first-order chi connectivity index (χ1) is 10.00. The molecular weight excluding hydrogens is 282 g/mol. The van der Waals surface area contributed by atoms with Crippen LogP contribution in [-0.4, -0.2) is 62.9 Å². The first-order valence-corrected chi connectivity index (χ1v) is 7.50. The third-order valence-corrected chi connectivity index (χ3v) is 4.10. The highest BCUT2D eigenvalue weighted by Crippen LogP contribution is 2.25. The summed E-state index contributed by atoms with van der Waals surface area (Å²) in [5.74, 6) is -2.43. The van der Waals surface area contributed by atoms with Crippen LogP contribution in [0.15, 0.2) is 0 Å². The quantitative estimate of drug-likeness (QED) is 0.866. The van der Waals surface area contributed by atoms with E-state index in [2.05, 4.69) is 5.32 Å². The number of rotatable bonds is 3. The van der Waals surface area contributed by atoms with Gasteiger partial charge in [-0.1, -0.05) is 0 Å². The number of nitrogens with zero attached hydrogens (tertiary/aromatic N) is 1. The molecule has 0 bridgehead atoms. The summed E-state index contributed by atoms with van der Waals surface area (Å²) in [7, 11) is 1.69. The minimum atomic E-state index is -2.97. The van der Waals surface area contributed by atoms with E-state index >= 15 is 0 Å². The third-order valence-electron chi connectivity index (χ3n) is 4.10. The summed E-state index contributed by atoms with van der Waals surface area (Å²) in [6, 6.07) is -0.334. The number of hydrogen-bond donors (Lipinski definition) is 1. The molecule has 1 aliphatic carbocycles. The Morgan fingerprint density at radius 2 is 2.10 bits per heavy atom. The largest absolute Gasteiger partial charge is 0.384 e. The Morgan fingerprint density at radius 1 is 1.38 bits per heavy atom. The van der Waals surface area contributed by atoms with Gasteiger partial charge in [0.05, 0.1) is 13.2 Å². The molecule has 0 radical (unpaired) electrons. The first-order valence-electron chi connectivity index (χ1n) is 7.50. The molecule has 1 saturated carbocycles. The maximum absolute atomic E-state index is 13.4. The first kappa shape index (κ1) is 16.4. The van der Waals surface area contributed by atoms with E-state index in [0.717, 1.165) is 37.2 Å². The average molecular weight is 306 g/mol. The number of urea groups is 1. The average Bonchev–Trinajstić information content (AvgIpc) is 2.62. The van der Waals surface area contributed by atoms with Crippen LogP contribution in [0.4, 0.5) is 13.6 Å². The fraction of sp³-hybridized carbons (Fsp3) is 0.929. The second kappa shape index (κ2) is 7.35. The van der Waals surface area contributed by atoms with Crippen molar-refractivity contribution >= 4 is 6.03 Å². The maximum atomic E-state index is 13.4. The van der Waals surface area contributed by atoms with Gasteiger partial charge in [0.1, 0.15) is 6.61 Å². The van der Waals surface area contributed by atoms with Gasteiger partial charge < -0.3 is 19.7 Å². The van der Waals surface area contributed by atoms with Crippen molar-refractivity contribution in [1.29, 1.82) is 0 Å². The number of carbonyl (C=O) groups excluding carboxylic acids is 1. The molecule has 2 rings (SSSR count). The monoisotopic (exact) mass is 306 g/mol. The smallest absolute Gasteiger partial charge is 0.317 e. The summed E-state index contributed by atoms with van der Waals surface area (Å²) in [6.07, 6.45) is 3.75. The number of methoxy groups -OCH3 is 1. The van der Waals surface area contributed by atoms with Crippen LogP contribution in [-0.2, 0) is 9.47 Å². The standard InChI is InChI=1S/C14H24F2N2O3/c1-20-8-11-2-4-12(5-3-11)17-13(19)18-6-7-21-10-14(15,16)9-18/h11-12H,2-10H2,1H3,(H,17,19). The topological polar surface area (TPSA) is 50.8 Å². The Kier molecular flexibility index (Phi) is 5.75. The molecular formula is C14H24F2N2O3. The minimum absolute atomic E-state index is 0.0726. The molecule has 2 aliphatic rings. The molecule has 1 aliphatic heterocycles. The summed E-state index contributed by atoms with van der Waals surface area (Å²) in [5, 5.41) is 2.87. The Bertz CT molecular complexity index is 347. The lowest BCUT2D eigenvalue weighted by atomic mass is 9.86. The fourth-order valence-corrected chi connectivity index (χ4v) is 2.95. The predicted octanol–water partition coefficient (Wildman–Crippen LogP) is 1.87. The van der Waals surface area contributed by atoms with Crippen LogP contribution in [0.5, 0.6) is 0 Å². The van der Waals surface area contributed by atoms with E-state index in [1.165, 1.54) is 0 Å². The van der Waals surface area contributed by atoms with Crippen LogP contribution in [0, 0.1) is 5.92 Å². The van der Waals surface area contributed by atoms with E-state index in [-0.39, 0.29) is 19.2 Å². The van der Waals surface area contributed by atoms with Crippen LogP contribution in [0.25, 0.3) is 0 Å². The lowest BCUT2D eigenvalue weighted by molar-refractivity contribution is -0.0653. The van der Waals surface area contributed by atoms with Crippen LogP contribution in [0.3, 0.4) is 0 Å². The molecule has 1 heterocycles. The molecule has 5 nitrogen and oxygen atoms in total. The van der Waals surface area contributed by atoms with Gasteiger partial charge in [0, 0.05) is 26.3 Å². The molecule has 122 valence electrons. The van der Waals surface area contributed by atoms with Crippen molar-refractivity contribution in [2.45, 2.75) is 37.6 Å². The molecule has 1 N–H and O–H groups in total. The molecule has 2 fully saturated rings. The highest BCUT2D eigenvalue weighted by molar-refractivity contribution is 5.74. The molecule has 0 aromatic carbocycles. The summed E-state index contributed by atoms with van der Waals surface area (Å²) in [5.41, 5.74) is 0. The maximum Gasteiger partial charge on any atom is 0.317 e. The van der Waals surface area contributed by atoms with Crippen LogP contribution in [0.2, 0.25) is 0 Å². The molecule has 1 saturated heterocycles. The zero-order chi connectivity index (χ0) is 15.3. The minimum Gasteiger partial charge on any atom is -0.384 e. The van der Waals surface area contributed by atoms with Gasteiger partial charge in [-0.3, -0.25) is 0 Å². The van der Waals surface area contributed by atoms with E-state index in [9.17, 15) is 13.6 Å². The lowest BCUT2D eigenvalue weighted by Crippen LogP contribution is -2.49. The third kappa shape index (κ3) is 5.07. The van der Waals surface area contributed by atoms with Crippen molar-refractivity contribution in [1.82, 2.24) is 10.2 Å². The summed E-state index contributed by atoms with van der Waals surface area (Å²) in [6.45, 7) is -0.0723. The summed E-state index contributed by atoms with van der Waals surface area (Å²) >= 11 is 0. The Morgan fingerprint density at radius 3 is 2.76 bits per heavy atom.